The van der Waals surface area contributed by atoms with Gasteiger partial charge in [0.15, 0.2) is 11.9 Å². The van der Waals surface area contributed by atoms with Crippen LogP contribution in [0.15, 0.2) is 42.9 Å². The third-order valence-corrected chi connectivity index (χ3v) is 7.79. The van der Waals surface area contributed by atoms with Gasteiger partial charge in [-0.15, -0.1) is 0 Å². The summed E-state index contributed by atoms with van der Waals surface area (Å²) in [6.07, 6.45) is 1.48. The van der Waals surface area contributed by atoms with Crippen LogP contribution in [0.5, 0.6) is 0 Å². The van der Waals surface area contributed by atoms with Crippen molar-refractivity contribution < 1.29 is 19.7 Å². The molecule has 11 nitrogen and oxygen atoms in total. The van der Waals surface area contributed by atoms with E-state index in [9.17, 15) is 15.0 Å². The average Bonchev–Trinajstić information content (AvgIpc) is 3.41. The van der Waals surface area contributed by atoms with Gasteiger partial charge in [-0.05, 0) is 49.1 Å². The molecule has 1 saturated heterocycles. The Morgan fingerprint density at radius 1 is 1.18 bits per heavy atom. The molecule has 4 atom stereocenters. The van der Waals surface area contributed by atoms with Gasteiger partial charge < -0.3 is 36.2 Å². The topological polar surface area (TPSA) is 151 Å². The van der Waals surface area contributed by atoms with Gasteiger partial charge in [0.1, 0.15) is 23.8 Å². The SMILES string of the molecule is CN(C[C@H]1O[C@@H](n2cnc3c(N)ccnc32)[C@H](O)[C@@H]1O)CC1(CNC(=O)Nc2ccc(C(C)(C)C)cc2)CC1. The van der Waals surface area contributed by atoms with Gasteiger partial charge in [-0.25, -0.2) is 14.8 Å². The smallest absolute Gasteiger partial charge is 0.319 e. The van der Waals surface area contributed by atoms with Crippen LogP contribution in [-0.4, -0.2) is 80.7 Å². The monoisotopic (exact) mass is 537 g/mol. The summed E-state index contributed by atoms with van der Waals surface area (Å²) in [4.78, 5) is 23.2. The molecule has 1 saturated carbocycles. The highest BCUT2D eigenvalue weighted by molar-refractivity contribution is 5.89. The number of rotatable bonds is 8. The number of urea groups is 1. The van der Waals surface area contributed by atoms with E-state index >= 15 is 0 Å². The van der Waals surface area contributed by atoms with Crippen molar-refractivity contribution in [3.05, 3.63) is 48.4 Å². The van der Waals surface area contributed by atoms with Crippen LogP contribution < -0.4 is 16.4 Å². The Hall–Kier alpha value is -3.25. The third kappa shape index (κ3) is 5.86. The van der Waals surface area contributed by atoms with Crippen LogP contribution in [0, 0.1) is 5.41 Å². The van der Waals surface area contributed by atoms with E-state index in [-0.39, 0.29) is 16.9 Å². The molecule has 0 radical (unpaired) electrons. The first-order valence-corrected chi connectivity index (χ1v) is 13.4. The number of hydrogen-bond donors (Lipinski definition) is 5. The maximum Gasteiger partial charge on any atom is 0.319 e. The van der Waals surface area contributed by atoms with Gasteiger partial charge in [-0.1, -0.05) is 32.9 Å². The average molecular weight is 538 g/mol. The number of nitrogen functional groups attached to an aromatic ring is 1. The molecule has 210 valence electrons. The summed E-state index contributed by atoms with van der Waals surface area (Å²) < 4.78 is 7.71. The number of carbonyl (C=O) groups is 1. The Labute approximate surface area is 228 Å². The zero-order chi connectivity index (χ0) is 27.9. The number of hydrogen-bond acceptors (Lipinski definition) is 8. The lowest BCUT2D eigenvalue weighted by Crippen LogP contribution is -2.43. The zero-order valence-corrected chi connectivity index (χ0v) is 23.0. The molecule has 39 heavy (non-hydrogen) atoms. The highest BCUT2D eigenvalue weighted by Crippen LogP contribution is 2.45. The number of carbonyl (C=O) groups excluding carboxylic acids is 1. The zero-order valence-electron chi connectivity index (χ0n) is 23.0. The van der Waals surface area contributed by atoms with Crippen molar-refractivity contribution in [1.29, 1.82) is 0 Å². The second kappa shape index (κ2) is 10.4. The normalized spacial score (nSPS) is 24.3. The van der Waals surface area contributed by atoms with E-state index in [1.54, 1.807) is 16.8 Å². The predicted molar refractivity (Wildman–Crippen MR) is 149 cm³/mol. The number of ether oxygens (including phenoxy) is 1. The standard InChI is InChI=1S/C28H39N7O4/c1-27(2,3)17-5-7-18(8-6-17)33-26(38)31-14-28(10-11-28)15-34(4)13-20-22(36)23(37)25(39-20)35-16-32-21-19(29)9-12-30-24(21)35/h5-9,12,16,20,22-23,25,36-37H,10-11,13-15H2,1-4H3,(H2,29,30)(H2,31,33,38)/t20-,22-,23-,25-/m1/s1. The summed E-state index contributed by atoms with van der Waals surface area (Å²) in [5, 5.41) is 27.4. The van der Waals surface area contributed by atoms with Crippen LogP contribution in [-0.2, 0) is 10.2 Å². The molecule has 3 heterocycles. The van der Waals surface area contributed by atoms with E-state index < -0.39 is 24.5 Å². The number of pyridine rings is 1. The molecular formula is C28H39N7O4. The number of anilines is 2. The van der Waals surface area contributed by atoms with E-state index in [1.165, 1.54) is 11.9 Å². The lowest BCUT2D eigenvalue weighted by atomic mass is 9.87. The number of nitrogens with two attached hydrogens (primary N) is 1. The molecule has 0 unspecified atom stereocenters. The number of aromatic nitrogens is 3. The molecule has 1 aromatic carbocycles. The van der Waals surface area contributed by atoms with Crippen LogP contribution in [0.2, 0.25) is 0 Å². The van der Waals surface area contributed by atoms with E-state index in [0.717, 1.165) is 25.1 Å². The van der Waals surface area contributed by atoms with Gasteiger partial charge in [0.05, 0.1) is 12.0 Å². The minimum Gasteiger partial charge on any atom is -0.397 e. The van der Waals surface area contributed by atoms with Crippen LogP contribution in [0.3, 0.4) is 0 Å². The Balaban J connectivity index is 1.13. The third-order valence-electron chi connectivity index (χ3n) is 7.79. The number of amides is 2. The summed E-state index contributed by atoms with van der Waals surface area (Å²) in [6, 6.07) is 9.36. The Bertz CT molecular complexity index is 1320. The number of fused-ring (bicyclic) bond motifs is 1. The fourth-order valence-corrected chi connectivity index (χ4v) is 5.26. The minimum absolute atomic E-state index is 0.0221. The number of aliphatic hydroxyl groups excluding tert-OH is 2. The molecular weight excluding hydrogens is 498 g/mol. The second-order valence-corrected chi connectivity index (χ2v) is 12.1. The molecule has 5 rings (SSSR count). The lowest BCUT2D eigenvalue weighted by molar-refractivity contribution is -0.0432. The van der Waals surface area contributed by atoms with Crippen molar-refractivity contribution in [2.24, 2.45) is 5.41 Å². The van der Waals surface area contributed by atoms with Crippen molar-refractivity contribution >= 4 is 28.6 Å². The number of aliphatic hydroxyl groups is 2. The van der Waals surface area contributed by atoms with Crippen LogP contribution in [0.25, 0.3) is 11.2 Å². The summed E-state index contributed by atoms with van der Waals surface area (Å²) in [7, 11) is 1.96. The van der Waals surface area contributed by atoms with Crippen molar-refractivity contribution in [3.8, 4) is 0 Å². The van der Waals surface area contributed by atoms with Crippen molar-refractivity contribution in [2.45, 2.75) is 63.6 Å². The lowest BCUT2D eigenvalue weighted by Gasteiger charge is -2.27. The van der Waals surface area contributed by atoms with E-state index in [2.05, 4.69) is 46.3 Å². The summed E-state index contributed by atoms with van der Waals surface area (Å²) in [6.45, 7) is 8.17. The van der Waals surface area contributed by atoms with Gasteiger partial charge >= 0.3 is 6.03 Å². The Kier molecular flexibility index (Phi) is 7.27. The molecule has 2 aliphatic rings. The molecule has 2 fully saturated rings. The fraction of sp³-hybridized carbons (Fsp3) is 0.536. The molecule has 11 heteroatoms. The maximum atomic E-state index is 12.5. The Morgan fingerprint density at radius 3 is 2.56 bits per heavy atom. The van der Waals surface area contributed by atoms with Crippen LogP contribution in [0.1, 0.15) is 45.4 Å². The minimum atomic E-state index is -1.14. The number of likely N-dealkylation sites (N-methyl/N-ethyl adjacent to an activating group) is 1. The van der Waals surface area contributed by atoms with Crippen LogP contribution in [0.4, 0.5) is 16.2 Å². The largest absolute Gasteiger partial charge is 0.397 e. The van der Waals surface area contributed by atoms with Gasteiger partial charge in [-0.3, -0.25) is 4.57 Å². The first-order chi connectivity index (χ1) is 18.5. The molecule has 0 spiro atoms. The fourth-order valence-electron chi connectivity index (χ4n) is 5.26. The van der Waals surface area contributed by atoms with E-state index in [4.69, 9.17) is 10.5 Å². The molecule has 0 bridgehead atoms. The van der Waals surface area contributed by atoms with Gasteiger partial charge in [0, 0.05) is 36.9 Å². The first-order valence-electron chi connectivity index (χ1n) is 13.4. The molecule has 3 aromatic rings. The Morgan fingerprint density at radius 2 is 1.90 bits per heavy atom. The highest BCUT2D eigenvalue weighted by atomic mass is 16.6. The van der Waals surface area contributed by atoms with Crippen molar-refractivity contribution in [1.82, 2.24) is 24.8 Å². The number of benzene rings is 1. The molecule has 1 aliphatic heterocycles. The van der Waals surface area contributed by atoms with E-state index in [1.807, 2.05) is 31.3 Å². The van der Waals surface area contributed by atoms with Gasteiger partial charge in [0.25, 0.3) is 0 Å². The summed E-state index contributed by atoms with van der Waals surface area (Å²) in [5.41, 5.74) is 9.49. The number of nitrogens with one attached hydrogen (secondary N) is 2. The number of nitrogens with zero attached hydrogens (tertiary/aromatic N) is 4. The maximum absolute atomic E-state index is 12.5. The quantitative estimate of drug-likeness (QED) is 0.294. The van der Waals surface area contributed by atoms with Crippen LogP contribution >= 0.6 is 0 Å². The molecule has 2 aromatic heterocycles. The van der Waals surface area contributed by atoms with Crippen molar-refractivity contribution in [3.63, 3.8) is 0 Å². The van der Waals surface area contributed by atoms with Gasteiger partial charge in [0.2, 0.25) is 0 Å². The second-order valence-electron chi connectivity index (χ2n) is 12.1. The summed E-state index contributed by atoms with van der Waals surface area (Å²) in [5.74, 6) is 0. The first kappa shape index (κ1) is 27.3. The molecule has 6 N–H and O–H groups in total. The van der Waals surface area contributed by atoms with Gasteiger partial charge in [-0.2, -0.15) is 0 Å². The molecule has 1 aliphatic carbocycles. The summed E-state index contributed by atoms with van der Waals surface area (Å²) >= 11 is 0. The predicted octanol–water partition coefficient (Wildman–Crippen LogP) is 2.46. The van der Waals surface area contributed by atoms with Crippen molar-refractivity contribution in [2.75, 3.05) is 37.7 Å². The highest BCUT2D eigenvalue weighted by Gasteiger charge is 2.47. The molecule has 2 amide bonds. The van der Waals surface area contributed by atoms with E-state index in [0.29, 0.717) is 29.9 Å². The number of imidazole rings is 1.